The number of alkyl halides is 3. The summed E-state index contributed by atoms with van der Waals surface area (Å²) < 4.78 is 52.9. The van der Waals surface area contributed by atoms with Crippen LogP contribution in [0.5, 0.6) is 11.5 Å². The van der Waals surface area contributed by atoms with Crippen LogP contribution >= 0.6 is 11.6 Å². The third-order valence-corrected chi connectivity index (χ3v) is 6.64. The van der Waals surface area contributed by atoms with E-state index in [1.807, 2.05) is 0 Å². The van der Waals surface area contributed by atoms with Crippen molar-refractivity contribution in [1.29, 1.82) is 0 Å². The zero-order valence-corrected chi connectivity index (χ0v) is 23.7. The van der Waals surface area contributed by atoms with Gasteiger partial charge in [0.15, 0.2) is 17.3 Å². The first-order valence-corrected chi connectivity index (χ1v) is 13.5. The van der Waals surface area contributed by atoms with E-state index >= 15 is 0 Å². The minimum Gasteiger partial charge on any atom is -0.490 e. The van der Waals surface area contributed by atoms with Gasteiger partial charge in [0.05, 0.1) is 39.2 Å². The van der Waals surface area contributed by atoms with Crippen LogP contribution in [0.2, 0.25) is 5.02 Å². The van der Waals surface area contributed by atoms with Gasteiger partial charge >= 0.3 is 6.18 Å². The molecule has 0 saturated heterocycles. The molecule has 0 spiro atoms. The van der Waals surface area contributed by atoms with E-state index in [1.165, 1.54) is 36.5 Å². The van der Waals surface area contributed by atoms with Crippen molar-refractivity contribution in [2.45, 2.75) is 19.7 Å². The highest BCUT2D eigenvalue weighted by atomic mass is 35.5. The van der Waals surface area contributed by atoms with E-state index in [-0.39, 0.29) is 52.2 Å². The van der Waals surface area contributed by atoms with Crippen molar-refractivity contribution < 1.29 is 27.6 Å². The number of nitrogens with zero attached hydrogens (tertiary/aromatic N) is 4. The van der Waals surface area contributed by atoms with Crippen LogP contribution in [0, 0.1) is 10.1 Å². The van der Waals surface area contributed by atoms with Crippen LogP contribution in [-0.4, -0.2) is 27.4 Å². The number of nitro benzene ring substituents is 1. The Morgan fingerprint density at radius 1 is 1.02 bits per heavy atom. The average Bonchev–Trinajstić information content (AvgIpc) is 3.00. The molecule has 5 rings (SSSR count). The van der Waals surface area contributed by atoms with Gasteiger partial charge in [0.2, 0.25) is 0 Å². The molecule has 13 heteroatoms. The smallest absolute Gasteiger partial charge is 0.416 e. The van der Waals surface area contributed by atoms with Crippen LogP contribution in [0.15, 0.2) is 94.8 Å². The van der Waals surface area contributed by atoms with Crippen LogP contribution in [0.1, 0.15) is 23.6 Å². The van der Waals surface area contributed by atoms with E-state index in [0.29, 0.717) is 16.6 Å². The number of aromatic nitrogens is 2. The Hall–Kier alpha value is -5.23. The maximum absolute atomic E-state index is 13.5. The van der Waals surface area contributed by atoms with E-state index in [1.54, 1.807) is 49.4 Å². The molecule has 9 nitrogen and oxygen atoms in total. The standard InChI is InChI=1S/C31H22ClF3N4O5/c1-2-43-27-15-20(14-25(32)28(27)44-18-19-7-5-10-23(13-19)39(41)42)17-36-38-29(21-8-6-9-22(16-21)31(33,34)35)37-26-12-4-3-11-24(26)30(38)40/h3-17H,2,18H2,1H3. The molecule has 0 atom stereocenters. The van der Waals surface area contributed by atoms with Crippen molar-refractivity contribution >= 4 is 34.4 Å². The minimum atomic E-state index is -4.60. The molecule has 0 amide bonds. The predicted octanol–water partition coefficient (Wildman–Crippen LogP) is 7.50. The third kappa shape index (κ3) is 6.55. The number of non-ortho nitro benzene ring substituents is 1. The van der Waals surface area contributed by atoms with Crippen molar-refractivity contribution in [3.05, 3.63) is 127 Å². The summed E-state index contributed by atoms with van der Waals surface area (Å²) in [5.41, 5.74) is -0.323. The number of halogens is 4. The first-order valence-electron chi connectivity index (χ1n) is 13.1. The van der Waals surface area contributed by atoms with E-state index < -0.39 is 22.2 Å². The fourth-order valence-corrected chi connectivity index (χ4v) is 4.63. The van der Waals surface area contributed by atoms with Gasteiger partial charge in [-0.25, -0.2) is 4.98 Å². The summed E-state index contributed by atoms with van der Waals surface area (Å²) in [6.07, 6.45) is -3.31. The van der Waals surface area contributed by atoms with E-state index in [2.05, 4.69) is 10.1 Å². The summed E-state index contributed by atoms with van der Waals surface area (Å²) >= 11 is 6.53. The Balaban J connectivity index is 1.54. The van der Waals surface area contributed by atoms with Gasteiger partial charge < -0.3 is 9.47 Å². The lowest BCUT2D eigenvalue weighted by atomic mass is 10.1. The van der Waals surface area contributed by atoms with Crippen molar-refractivity contribution in [3.63, 3.8) is 0 Å². The second kappa shape index (κ2) is 12.6. The minimum absolute atomic E-state index is 0.0343. The molecule has 44 heavy (non-hydrogen) atoms. The number of para-hydroxylation sites is 1. The molecule has 0 saturated carbocycles. The highest BCUT2D eigenvalue weighted by Crippen LogP contribution is 2.37. The van der Waals surface area contributed by atoms with E-state index in [9.17, 15) is 28.1 Å². The maximum atomic E-state index is 13.5. The van der Waals surface area contributed by atoms with Gasteiger partial charge in [-0.05, 0) is 54.4 Å². The average molecular weight is 623 g/mol. The summed E-state index contributed by atoms with van der Waals surface area (Å²) in [6.45, 7) is 1.96. The zero-order chi connectivity index (χ0) is 31.4. The molecular formula is C31H22ClF3N4O5. The lowest BCUT2D eigenvalue weighted by molar-refractivity contribution is -0.384. The largest absolute Gasteiger partial charge is 0.490 e. The molecule has 1 aromatic heterocycles. The van der Waals surface area contributed by atoms with Crippen LogP contribution in [0.3, 0.4) is 0 Å². The van der Waals surface area contributed by atoms with Crippen molar-refractivity contribution in [3.8, 4) is 22.9 Å². The molecule has 0 radical (unpaired) electrons. The van der Waals surface area contributed by atoms with Crippen molar-refractivity contribution in [1.82, 2.24) is 9.66 Å². The molecule has 4 aromatic carbocycles. The Morgan fingerprint density at radius 2 is 1.80 bits per heavy atom. The second-order valence-corrected chi connectivity index (χ2v) is 9.78. The molecular weight excluding hydrogens is 601 g/mol. The predicted molar refractivity (Wildman–Crippen MR) is 159 cm³/mol. The normalized spacial score (nSPS) is 11.7. The number of hydrogen-bond acceptors (Lipinski definition) is 7. The highest BCUT2D eigenvalue weighted by Gasteiger charge is 2.31. The van der Waals surface area contributed by atoms with Gasteiger partial charge in [-0.2, -0.15) is 22.9 Å². The molecule has 0 aliphatic carbocycles. The summed E-state index contributed by atoms with van der Waals surface area (Å²) in [5.74, 6) is 0.337. The first kappa shape index (κ1) is 30.2. The Morgan fingerprint density at radius 3 is 2.55 bits per heavy atom. The van der Waals surface area contributed by atoms with E-state index in [4.69, 9.17) is 21.1 Å². The SMILES string of the molecule is CCOc1cc(C=Nn2c(-c3cccc(C(F)(F)F)c3)nc3ccccc3c2=O)cc(Cl)c1OCc1cccc([N+](=O)[O-])c1. The summed E-state index contributed by atoms with van der Waals surface area (Å²) in [4.78, 5) is 28.5. The lowest BCUT2D eigenvalue weighted by Gasteiger charge is -2.15. The summed E-state index contributed by atoms with van der Waals surface area (Å²) in [6, 6.07) is 19.9. The van der Waals surface area contributed by atoms with Gasteiger partial charge in [-0.3, -0.25) is 14.9 Å². The molecule has 224 valence electrons. The molecule has 5 aromatic rings. The first-order chi connectivity index (χ1) is 21.0. The van der Waals surface area contributed by atoms with Gasteiger partial charge in [-0.1, -0.05) is 48.0 Å². The summed E-state index contributed by atoms with van der Waals surface area (Å²) in [7, 11) is 0. The highest BCUT2D eigenvalue weighted by molar-refractivity contribution is 6.32. The second-order valence-electron chi connectivity index (χ2n) is 9.37. The Labute approximate surface area is 252 Å². The van der Waals surface area contributed by atoms with Gasteiger partial charge in [0.25, 0.3) is 11.2 Å². The molecule has 0 aliphatic heterocycles. The molecule has 0 bridgehead atoms. The molecule has 0 unspecified atom stereocenters. The van der Waals surface area contributed by atoms with Crippen LogP contribution in [-0.2, 0) is 12.8 Å². The monoisotopic (exact) mass is 622 g/mol. The number of nitro groups is 1. The van der Waals surface area contributed by atoms with Crippen molar-refractivity contribution in [2.24, 2.45) is 5.10 Å². The van der Waals surface area contributed by atoms with Crippen molar-refractivity contribution in [2.75, 3.05) is 6.61 Å². The number of rotatable bonds is 9. The number of ether oxygens (including phenoxy) is 2. The zero-order valence-electron chi connectivity index (χ0n) is 22.9. The quantitative estimate of drug-likeness (QED) is 0.0956. The third-order valence-electron chi connectivity index (χ3n) is 6.36. The lowest BCUT2D eigenvalue weighted by Crippen LogP contribution is -2.20. The van der Waals surface area contributed by atoms with Gasteiger partial charge in [-0.15, -0.1) is 0 Å². The van der Waals surface area contributed by atoms with E-state index in [0.717, 1.165) is 16.8 Å². The topological polar surface area (TPSA) is 109 Å². The van der Waals surface area contributed by atoms with Crippen LogP contribution < -0.4 is 15.0 Å². The molecule has 1 heterocycles. The number of hydrogen-bond donors (Lipinski definition) is 0. The maximum Gasteiger partial charge on any atom is 0.416 e. The Kier molecular flexibility index (Phi) is 8.63. The molecule has 0 aliphatic rings. The van der Waals surface area contributed by atoms with Gasteiger partial charge in [0, 0.05) is 17.7 Å². The number of fused-ring (bicyclic) bond motifs is 1. The molecule has 0 N–H and O–H groups in total. The number of benzene rings is 4. The fraction of sp³-hybridized carbons (Fsp3) is 0.129. The van der Waals surface area contributed by atoms with Crippen LogP contribution in [0.25, 0.3) is 22.3 Å². The summed E-state index contributed by atoms with van der Waals surface area (Å²) in [5, 5.41) is 15.8. The van der Waals surface area contributed by atoms with Gasteiger partial charge in [0.1, 0.15) is 6.61 Å². The van der Waals surface area contributed by atoms with Crippen LogP contribution in [0.4, 0.5) is 18.9 Å². The Bertz CT molecular complexity index is 1960. The molecule has 0 fully saturated rings. The fourth-order valence-electron chi connectivity index (χ4n) is 4.36.